The molecule has 8 heteroatoms. The van der Waals surface area contributed by atoms with Crippen LogP contribution in [-0.4, -0.2) is 38.5 Å². The van der Waals surface area contributed by atoms with Gasteiger partial charge in [-0.25, -0.2) is 0 Å². The Morgan fingerprint density at radius 3 is 2.25 bits per heavy atom. The molecule has 0 spiro atoms. The molecule has 1 aliphatic rings. The first-order chi connectivity index (χ1) is 13.4. The van der Waals surface area contributed by atoms with Crippen LogP contribution < -0.4 is 16.0 Å². The number of carbonyl (C=O) groups is 1. The van der Waals surface area contributed by atoms with Crippen LogP contribution in [0.25, 0.3) is 0 Å². The van der Waals surface area contributed by atoms with Crippen molar-refractivity contribution in [3.8, 4) is 0 Å². The lowest BCUT2D eigenvalue weighted by Crippen LogP contribution is -2.42. The van der Waals surface area contributed by atoms with E-state index >= 15 is 0 Å². The first kappa shape index (κ1) is 22.0. The van der Waals surface area contributed by atoms with E-state index in [1.807, 2.05) is 0 Å². The van der Waals surface area contributed by atoms with Gasteiger partial charge >= 0.3 is 6.18 Å². The van der Waals surface area contributed by atoms with Crippen molar-refractivity contribution < 1.29 is 18.0 Å². The van der Waals surface area contributed by atoms with Gasteiger partial charge in [0.1, 0.15) is 0 Å². The number of benzene rings is 1. The van der Waals surface area contributed by atoms with E-state index in [2.05, 4.69) is 20.9 Å². The highest BCUT2D eigenvalue weighted by Gasteiger charge is 2.29. The van der Waals surface area contributed by atoms with E-state index in [1.54, 1.807) is 7.05 Å². The van der Waals surface area contributed by atoms with Gasteiger partial charge in [0.25, 0.3) is 0 Å². The Kier molecular flexibility index (Phi) is 8.60. The van der Waals surface area contributed by atoms with E-state index in [0.29, 0.717) is 44.4 Å². The highest BCUT2D eigenvalue weighted by molar-refractivity contribution is 5.80. The van der Waals surface area contributed by atoms with Gasteiger partial charge in [-0.2, -0.15) is 13.2 Å². The molecule has 1 aromatic rings. The number of rotatable bonds is 8. The number of nitrogens with one attached hydrogen (secondary N) is 3. The highest BCUT2D eigenvalue weighted by atomic mass is 19.4. The largest absolute Gasteiger partial charge is 0.416 e. The molecule has 0 radical (unpaired) electrons. The number of nitrogens with zero attached hydrogens (tertiary/aromatic N) is 1. The number of amides is 1. The van der Waals surface area contributed by atoms with Gasteiger partial charge in [0.15, 0.2) is 5.96 Å². The lowest BCUT2D eigenvalue weighted by molar-refractivity contribution is -0.137. The minimum atomic E-state index is -4.31. The van der Waals surface area contributed by atoms with Crippen LogP contribution in [0.5, 0.6) is 0 Å². The number of alkyl halides is 3. The summed E-state index contributed by atoms with van der Waals surface area (Å²) in [4.78, 5) is 16.0. The van der Waals surface area contributed by atoms with E-state index < -0.39 is 11.7 Å². The van der Waals surface area contributed by atoms with Crippen LogP contribution in [-0.2, 0) is 17.4 Å². The average molecular weight is 398 g/mol. The summed E-state index contributed by atoms with van der Waals surface area (Å²) >= 11 is 0. The molecule has 0 saturated heterocycles. The normalized spacial score (nSPS) is 15.5. The topological polar surface area (TPSA) is 65.5 Å². The van der Waals surface area contributed by atoms with Crippen LogP contribution in [0, 0.1) is 5.92 Å². The third-order valence-electron chi connectivity index (χ3n) is 4.90. The molecule has 1 amide bonds. The molecule has 5 nitrogen and oxygen atoms in total. The van der Waals surface area contributed by atoms with Crippen molar-refractivity contribution in [1.82, 2.24) is 16.0 Å². The van der Waals surface area contributed by atoms with Gasteiger partial charge in [-0.1, -0.05) is 25.0 Å². The maximum absolute atomic E-state index is 12.6. The number of guanidine groups is 1. The van der Waals surface area contributed by atoms with Crippen molar-refractivity contribution in [2.45, 2.75) is 44.7 Å². The van der Waals surface area contributed by atoms with Crippen LogP contribution in [0.3, 0.4) is 0 Å². The number of aliphatic imine (C=N–C) groups is 1. The Hall–Kier alpha value is -2.25. The Labute approximate surface area is 164 Å². The van der Waals surface area contributed by atoms with Crippen molar-refractivity contribution >= 4 is 11.9 Å². The fourth-order valence-corrected chi connectivity index (χ4v) is 3.34. The molecule has 0 aromatic heterocycles. The highest BCUT2D eigenvalue weighted by Crippen LogP contribution is 2.29. The maximum atomic E-state index is 12.6. The summed E-state index contributed by atoms with van der Waals surface area (Å²) in [5.41, 5.74) is 0.173. The smallest absolute Gasteiger partial charge is 0.356 e. The molecular weight excluding hydrogens is 369 g/mol. The van der Waals surface area contributed by atoms with E-state index in [1.165, 1.54) is 25.0 Å². The SMILES string of the molecule is CN=C(NCCNC(=O)CC1CCCC1)NCCc1ccc(C(F)(F)F)cc1. The lowest BCUT2D eigenvalue weighted by Gasteiger charge is -2.13. The molecule has 1 aromatic carbocycles. The minimum absolute atomic E-state index is 0.0963. The van der Waals surface area contributed by atoms with Crippen molar-refractivity contribution in [1.29, 1.82) is 0 Å². The fourth-order valence-electron chi connectivity index (χ4n) is 3.34. The molecule has 28 heavy (non-hydrogen) atoms. The Morgan fingerprint density at radius 1 is 1.04 bits per heavy atom. The number of hydrogen-bond acceptors (Lipinski definition) is 2. The van der Waals surface area contributed by atoms with Gasteiger partial charge in [-0.15, -0.1) is 0 Å². The summed E-state index contributed by atoms with van der Waals surface area (Å²) in [7, 11) is 1.64. The molecule has 156 valence electrons. The molecule has 0 bridgehead atoms. The molecule has 1 aliphatic carbocycles. The Bertz CT molecular complexity index is 638. The predicted octanol–water partition coefficient (Wildman–Crippen LogP) is 3.11. The summed E-state index contributed by atoms with van der Waals surface area (Å²) in [6.45, 7) is 1.61. The molecule has 0 unspecified atom stereocenters. The van der Waals surface area contributed by atoms with Crippen LogP contribution in [0.1, 0.15) is 43.2 Å². The van der Waals surface area contributed by atoms with Crippen molar-refractivity contribution in [3.63, 3.8) is 0 Å². The molecule has 0 heterocycles. The second-order valence-electron chi connectivity index (χ2n) is 7.08. The van der Waals surface area contributed by atoms with Crippen LogP contribution in [0.4, 0.5) is 13.2 Å². The monoisotopic (exact) mass is 398 g/mol. The van der Waals surface area contributed by atoms with E-state index in [-0.39, 0.29) is 5.91 Å². The van der Waals surface area contributed by atoms with Gasteiger partial charge in [-0.3, -0.25) is 9.79 Å². The van der Waals surface area contributed by atoms with Crippen LogP contribution in [0.2, 0.25) is 0 Å². The first-order valence-electron chi connectivity index (χ1n) is 9.76. The van der Waals surface area contributed by atoms with Crippen molar-refractivity contribution in [2.24, 2.45) is 10.9 Å². The standard InChI is InChI=1S/C20H29F3N4O/c1-24-19(27-13-12-25-18(28)14-16-4-2-3-5-16)26-11-10-15-6-8-17(9-7-15)20(21,22)23/h6-9,16H,2-5,10-14H2,1H3,(H,25,28)(H2,24,26,27). The molecular formula is C20H29F3N4O. The number of carbonyl (C=O) groups excluding carboxylic acids is 1. The van der Waals surface area contributed by atoms with Gasteiger partial charge in [-0.05, 0) is 42.9 Å². The van der Waals surface area contributed by atoms with Gasteiger partial charge in [0.2, 0.25) is 5.91 Å². The molecule has 1 saturated carbocycles. The minimum Gasteiger partial charge on any atom is -0.356 e. The summed E-state index contributed by atoms with van der Waals surface area (Å²) in [5.74, 6) is 1.23. The maximum Gasteiger partial charge on any atom is 0.416 e. The van der Waals surface area contributed by atoms with Crippen molar-refractivity contribution in [2.75, 3.05) is 26.7 Å². The fraction of sp³-hybridized carbons (Fsp3) is 0.600. The zero-order chi connectivity index (χ0) is 20.4. The summed E-state index contributed by atoms with van der Waals surface area (Å²) < 4.78 is 37.7. The Morgan fingerprint density at radius 2 is 1.64 bits per heavy atom. The van der Waals surface area contributed by atoms with E-state index in [4.69, 9.17) is 0 Å². The van der Waals surface area contributed by atoms with Gasteiger partial charge in [0, 0.05) is 33.1 Å². The summed E-state index contributed by atoms with van der Waals surface area (Å²) in [5, 5.41) is 9.13. The van der Waals surface area contributed by atoms with E-state index in [9.17, 15) is 18.0 Å². The molecule has 2 rings (SSSR count). The zero-order valence-electron chi connectivity index (χ0n) is 16.2. The quantitative estimate of drug-likeness (QED) is 0.358. The number of halogens is 3. The lowest BCUT2D eigenvalue weighted by atomic mass is 10.0. The third-order valence-corrected chi connectivity index (χ3v) is 4.90. The van der Waals surface area contributed by atoms with E-state index in [0.717, 1.165) is 30.5 Å². The predicted molar refractivity (Wildman–Crippen MR) is 104 cm³/mol. The Balaban J connectivity index is 1.60. The third kappa shape index (κ3) is 7.78. The van der Waals surface area contributed by atoms with Gasteiger partial charge < -0.3 is 16.0 Å². The van der Waals surface area contributed by atoms with Gasteiger partial charge in [0.05, 0.1) is 5.56 Å². The molecule has 0 aliphatic heterocycles. The second kappa shape index (κ2) is 10.9. The molecule has 1 fully saturated rings. The van der Waals surface area contributed by atoms with Crippen LogP contribution in [0.15, 0.2) is 29.3 Å². The first-order valence-corrected chi connectivity index (χ1v) is 9.76. The second-order valence-corrected chi connectivity index (χ2v) is 7.08. The zero-order valence-corrected chi connectivity index (χ0v) is 16.2. The number of hydrogen-bond donors (Lipinski definition) is 3. The summed E-state index contributed by atoms with van der Waals surface area (Å²) in [6.07, 6.45) is 1.65. The summed E-state index contributed by atoms with van der Waals surface area (Å²) in [6, 6.07) is 5.16. The molecule has 0 atom stereocenters. The van der Waals surface area contributed by atoms with Crippen molar-refractivity contribution in [3.05, 3.63) is 35.4 Å². The average Bonchev–Trinajstić information content (AvgIpc) is 3.16. The molecule has 3 N–H and O–H groups in total. The van der Waals surface area contributed by atoms with Crippen LogP contribution >= 0.6 is 0 Å².